The monoisotopic (exact) mass is 393 g/mol. The first-order chi connectivity index (χ1) is 10.2. The van der Waals surface area contributed by atoms with Crippen LogP contribution in [0.4, 0.5) is 5.95 Å². The van der Waals surface area contributed by atoms with Gasteiger partial charge < -0.3 is 10.5 Å². The van der Waals surface area contributed by atoms with Gasteiger partial charge in [0.25, 0.3) is 0 Å². The standard InChI is InChI=1S/C16H16IN3O/c1-2-10-21-14-5-3-4-13-15(14)19-16(18)20(13)12-8-6-11(17)7-9-12/h3-9H,2,10H2,1H3,(H2,18,19). The first-order valence-corrected chi connectivity index (χ1v) is 7.94. The van der Waals surface area contributed by atoms with Gasteiger partial charge in [-0.25, -0.2) is 4.98 Å². The molecule has 0 unspecified atom stereocenters. The maximum atomic E-state index is 6.12. The molecule has 0 bridgehead atoms. The van der Waals surface area contributed by atoms with E-state index in [-0.39, 0.29) is 0 Å². The van der Waals surface area contributed by atoms with E-state index in [4.69, 9.17) is 10.5 Å². The van der Waals surface area contributed by atoms with Gasteiger partial charge in [0, 0.05) is 9.26 Å². The molecular formula is C16H16IN3O. The fourth-order valence-corrected chi connectivity index (χ4v) is 2.64. The maximum absolute atomic E-state index is 6.12. The van der Waals surface area contributed by atoms with Crippen molar-refractivity contribution in [3.05, 3.63) is 46.0 Å². The summed E-state index contributed by atoms with van der Waals surface area (Å²) in [6.07, 6.45) is 0.962. The number of halogens is 1. The van der Waals surface area contributed by atoms with Crippen molar-refractivity contribution in [1.82, 2.24) is 9.55 Å². The highest BCUT2D eigenvalue weighted by Gasteiger charge is 2.13. The highest BCUT2D eigenvalue weighted by Crippen LogP contribution is 2.29. The van der Waals surface area contributed by atoms with Crippen LogP contribution in [0.2, 0.25) is 0 Å². The largest absolute Gasteiger partial charge is 0.491 e. The predicted molar refractivity (Wildman–Crippen MR) is 94.0 cm³/mol. The van der Waals surface area contributed by atoms with Crippen molar-refractivity contribution >= 4 is 39.6 Å². The minimum absolute atomic E-state index is 0.471. The molecule has 0 saturated heterocycles. The molecule has 2 aromatic carbocycles. The first-order valence-electron chi connectivity index (χ1n) is 6.86. The number of anilines is 1. The molecule has 5 heteroatoms. The van der Waals surface area contributed by atoms with E-state index >= 15 is 0 Å². The number of aromatic nitrogens is 2. The SMILES string of the molecule is CCCOc1cccc2c1nc(N)n2-c1ccc(I)cc1. The normalized spacial score (nSPS) is 11.0. The number of rotatable bonds is 4. The second-order valence-corrected chi connectivity index (χ2v) is 6.00. The molecule has 0 amide bonds. The predicted octanol–water partition coefficient (Wildman–Crippen LogP) is 4.00. The van der Waals surface area contributed by atoms with Gasteiger partial charge in [-0.2, -0.15) is 0 Å². The minimum Gasteiger partial charge on any atom is -0.491 e. The minimum atomic E-state index is 0.471. The van der Waals surface area contributed by atoms with Crippen molar-refractivity contribution in [3.63, 3.8) is 0 Å². The van der Waals surface area contributed by atoms with E-state index in [1.165, 1.54) is 3.57 Å². The molecular weight excluding hydrogens is 377 g/mol. The molecule has 21 heavy (non-hydrogen) atoms. The smallest absolute Gasteiger partial charge is 0.206 e. The summed E-state index contributed by atoms with van der Waals surface area (Å²) >= 11 is 2.29. The van der Waals surface area contributed by atoms with Gasteiger partial charge in [0.1, 0.15) is 11.3 Å². The average molecular weight is 393 g/mol. The lowest BCUT2D eigenvalue weighted by Crippen LogP contribution is -2.00. The molecule has 0 aliphatic carbocycles. The van der Waals surface area contributed by atoms with E-state index < -0.39 is 0 Å². The van der Waals surface area contributed by atoms with Crippen LogP contribution in [0.5, 0.6) is 5.75 Å². The average Bonchev–Trinajstić information content (AvgIpc) is 2.83. The van der Waals surface area contributed by atoms with Crippen molar-refractivity contribution in [2.45, 2.75) is 13.3 Å². The Balaban J connectivity index is 2.15. The lowest BCUT2D eigenvalue weighted by molar-refractivity contribution is 0.320. The number of para-hydroxylation sites is 1. The zero-order chi connectivity index (χ0) is 14.8. The van der Waals surface area contributed by atoms with Gasteiger partial charge in [0.05, 0.1) is 12.1 Å². The van der Waals surface area contributed by atoms with Crippen molar-refractivity contribution in [3.8, 4) is 11.4 Å². The molecule has 3 aromatic rings. The van der Waals surface area contributed by atoms with Gasteiger partial charge in [-0.15, -0.1) is 0 Å². The third kappa shape index (κ3) is 2.70. The van der Waals surface area contributed by atoms with Crippen LogP contribution in [-0.4, -0.2) is 16.2 Å². The lowest BCUT2D eigenvalue weighted by atomic mass is 10.2. The Hall–Kier alpha value is -1.76. The van der Waals surface area contributed by atoms with Crippen molar-refractivity contribution in [1.29, 1.82) is 0 Å². The zero-order valence-electron chi connectivity index (χ0n) is 11.7. The molecule has 0 radical (unpaired) electrons. The fourth-order valence-electron chi connectivity index (χ4n) is 2.28. The Morgan fingerprint density at radius 1 is 1.19 bits per heavy atom. The molecule has 3 rings (SSSR count). The van der Waals surface area contributed by atoms with E-state index in [2.05, 4.69) is 46.6 Å². The van der Waals surface area contributed by atoms with Crippen LogP contribution in [0, 0.1) is 3.57 Å². The van der Waals surface area contributed by atoms with Crippen molar-refractivity contribution < 1.29 is 4.74 Å². The fraction of sp³-hybridized carbons (Fsp3) is 0.188. The molecule has 2 N–H and O–H groups in total. The topological polar surface area (TPSA) is 53.1 Å². The highest BCUT2D eigenvalue weighted by atomic mass is 127. The Morgan fingerprint density at radius 3 is 2.67 bits per heavy atom. The summed E-state index contributed by atoms with van der Waals surface area (Å²) in [5.41, 5.74) is 8.89. The summed E-state index contributed by atoms with van der Waals surface area (Å²) in [5.74, 6) is 1.25. The molecule has 0 aliphatic heterocycles. The summed E-state index contributed by atoms with van der Waals surface area (Å²) in [6.45, 7) is 2.76. The molecule has 0 fully saturated rings. The number of hydrogen-bond donors (Lipinski definition) is 1. The maximum Gasteiger partial charge on any atom is 0.206 e. The molecule has 1 heterocycles. The number of hydrogen-bond acceptors (Lipinski definition) is 3. The zero-order valence-corrected chi connectivity index (χ0v) is 13.9. The van der Waals surface area contributed by atoms with Gasteiger partial charge in [-0.3, -0.25) is 4.57 Å². The lowest BCUT2D eigenvalue weighted by Gasteiger charge is -2.08. The van der Waals surface area contributed by atoms with Crippen LogP contribution < -0.4 is 10.5 Å². The first kappa shape index (κ1) is 14.2. The number of ether oxygens (including phenoxy) is 1. The van der Waals surface area contributed by atoms with Gasteiger partial charge >= 0.3 is 0 Å². The molecule has 1 aromatic heterocycles. The van der Waals surface area contributed by atoms with Crippen molar-refractivity contribution in [2.75, 3.05) is 12.3 Å². The summed E-state index contributed by atoms with van der Waals surface area (Å²) in [6, 6.07) is 14.1. The molecule has 0 saturated carbocycles. The van der Waals surface area contributed by atoms with E-state index in [0.717, 1.165) is 28.9 Å². The van der Waals surface area contributed by atoms with Crippen LogP contribution in [0.15, 0.2) is 42.5 Å². The molecule has 0 aliphatic rings. The molecule has 0 spiro atoms. The van der Waals surface area contributed by atoms with Gasteiger partial charge in [0.2, 0.25) is 5.95 Å². The number of nitrogens with zero attached hydrogens (tertiary/aromatic N) is 2. The van der Waals surface area contributed by atoms with E-state index in [1.54, 1.807) is 0 Å². The molecule has 108 valence electrons. The summed E-state index contributed by atoms with van der Waals surface area (Å²) in [4.78, 5) is 4.48. The van der Waals surface area contributed by atoms with Crippen molar-refractivity contribution in [2.24, 2.45) is 0 Å². The number of benzene rings is 2. The Kier molecular flexibility index (Phi) is 4.01. The second kappa shape index (κ2) is 5.93. The van der Waals surface area contributed by atoms with Crippen LogP contribution in [0.25, 0.3) is 16.7 Å². The van der Waals surface area contributed by atoms with Gasteiger partial charge in [0.15, 0.2) is 0 Å². The number of nitrogen functional groups attached to an aromatic ring is 1. The number of fused-ring (bicyclic) bond motifs is 1. The van der Waals surface area contributed by atoms with E-state index in [9.17, 15) is 0 Å². The van der Waals surface area contributed by atoms with E-state index in [0.29, 0.717) is 12.6 Å². The third-order valence-corrected chi connectivity index (χ3v) is 3.94. The summed E-state index contributed by atoms with van der Waals surface area (Å²) in [5, 5.41) is 0. The van der Waals surface area contributed by atoms with Gasteiger partial charge in [-0.05, 0) is 65.4 Å². The number of nitrogens with two attached hydrogens (primary N) is 1. The van der Waals surface area contributed by atoms with Crippen LogP contribution in [0.1, 0.15) is 13.3 Å². The highest BCUT2D eigenvalue weighted by molar-refractivity contribution is 14.1. The molecule has 0 atom stereocenters. The summed E-state index contributed by atoms with van der Waals surface area (Å²) < 4.78 is 8.89. The Morgan fingerprint density at radius 2 is 1.95 bits per heavy atom. The van der Waals surface area contributed by atoms with Gasteiger partial charge in [-0.1, -0.05) is 13.0 Å². The second-order valence-electron chi connectivity index (χ2n) is 4.75. The van der Waals surface area contributed by atoms with Crippen LogP contribution in [-0.2, 0) is 0 Å². The quantitative estimate of drug-likeness (QED) is 0.682. The third-order valence-electron chi connectivity index (χ3n) is 3.22. The Labute approximate surface area is 137 Å². The van der Waals surface area contributed by atoms with Crippen LogP contribution in [0.3, 0.4) is 0 Å². The summed E-state index contributed by atoms with van der Waals surface area (Å²) in [7, 11) is 0. The van der Waals surface area contributed by atoms with Crippen LogP contribution >= 0.6 is 22.6 Å². The van der Waals surface area contributed by atoms with E-state index in [1.807, 2.05) is 34.9 Å². The Bertz CT molecular complexity index is 765. The molecule has 4 nitrogen and oxygen atoms in total. The number of imidazole rings is 1.